The van der Waals surface area contributed by atoms with Crippen LogP contribution in [0.1, 0.15) is 67.7 Å². The second-order valence-corrected chi connectivity index (χ2v) is 9.33. The first-order chi connectivity index (χ1) is 11.4. The molecule has 1 spiro atoms. The van der Waals surface area contributed by atoms with E-state index in [0.717, 1.165) is 19.3 Å². The fraction of sp³-hybridized carbons (Fsp3) is 0.895. The molecule has 1 atom stereocenters. The summed E-state index contributed by atoms with van der Waals surface area (Å²) in [7, 11) is 0. The van der Waals surface area contributed by atoms with Gasteiger partial charge in [0.25, 0.3) is 0 Å². The summed E-state index contributed by atoms with van der Waals surface area (Å²) in [6.45, 7) is 15.8. The maximum Gasteiger partial charge on any atom is 0.317 e. The van der Waals surface area contributed by atoms with Gasteiger partial charge in [-0.05, 0) is 47.0 Å². The molecule has 2 aliphatic rings. The number of likely N-dealkylation sites (tertiary alicyclic amines) is 1. The molecule has 2 saturated heterocycles. The minimum absolute atomic E-state index is 0.0125. The van der Waals surface area contributed by atoms with Gasteiger partial charge in [-0.2, -0.15) is 0 Å². The summed E-state index contributed by atoms with van der Waals surface area (Å²) in [4.78, 5) is 29.3. The molecule has 2 fully saturated rings. The largest absolute Gasteiger partial charge is 0.333 e. The van der Waals surface area contributed by atoms with E-state index in [1.54, 1.807) is 0 Å². The van der Waals surface area contributed by atoms with Crippen molar-refractivity contribution in [3.05, 3.63) is 0 Å². The summed E-state index contributed by atoms with van der Waals surface area (Å²) in [6.07, 6.45) is 2.42. The predicted octanol–water partition coefficient (Wildman–Crippen LogP) is 2.54. The Balaban J connectivity index is 2.09. The van der Waals surface area contributed by atoms with E-state index < -0.39 is 0 Å². The van der Waals surface area contributed by atoms with Crippen LogP contribution in [0.2, 0.25) is 0 Å². The van der Waals surface area contributed by atoms with Gasteiger partial charge in [-0.3, -0.25) is 10.1 Å². The highest BCUT2D eigenvalue weighted by Crippen LogP contribution is 2.35. The van der Waals surface area contributed by atoms with E-state index in [1.807, 2.05) is 30.6 Å². The van der Waals surface area contributed by atoms with Crippen LogP contribution in [0.3, 0.4) is 0 Å². The highest BCUT2D eigenvalue weighted by Gasteiger charge is 2.52. The van der Waals surface area contributed by atoms with Crippen LogP contribution in [0, 0.1) is 5.92 Å². The second kappa shape index (κ2) is 7.14. The first-order valence-corrected chi connectivity index (χ1v) is 9.63. The fourth-order valence-corrected chi connectivity index (χ4v) is 4.08. The van der Waals surface area contributed by atoms with E-state index >= 15 is 0 Å². The molecular formula is C19H36N4O2. The first-order valence-electron chi connectivity index (χ1n) is 9.63. The van der Waals surface area contributed by atoms with Crippen molar-refractivity contribution in [2.24, 2.45) is 5.92 Å². The zero-order chi connectivity index (χ0) is 19.0. The molecule has 0 radical (unpaired) electrons. The van der Waals surface area contributed by atoms with Gasteiger partial charge >= 0.3 is 6.03 Å². The van der Waals surface area contributed by atoms with Crippen LogP contribution in [0.5, 0.6) is 0 Å². The summed E-state index contributed by atoms with van der Waals surface area (Å²) in [6, 6.07) is 0.0472. The topological polar surface area (TPSA) is 64.7 Å². The summed E-state index contributed by atoms with van der Waals surface area (Å²) >= 11 is 0. The zero-order valence-electron chi connectivity index (χ0n) is 17.0. The number of piperidine rings is 1. The number of amides is 3. The van der Waals surface area contributed by atoms with Crippen LogP contribution in [-0.4, -0.2) is 58.1 Å². The average Bonchev–Trinajstić information content (AvgIpc) is 2.69. The molecule has 6 nitrogen and oxygen atoms in total. The molecule has 0 saturated carbocycles. The third-order valence-electron chi connectivity index (χ3n) is 5.02. The molecule has 3 amide bonds. The van der Waals surface area contributed by atoms with Crippen molar-refractivity contribution in [2.75, 3.05) is 13.1 Å². The Labute approximate surface area is 152 Å². The minimum atomic E-state index is -0.302. The smallest absolute Gasteiger partial charge is 0.317 e. The maximum atomic E-state index is 12.9. The molecule has 0 aromatic carbocycles. The van der Waals surface area contributed by atoms with Gasteiger partial charge in [-0.25, -0.2) is 4.79 Å². The molecular weight excluding hydrogens is 316 g/mol. The maximum absolute atomic E-state index is 12.9. The highest BCUT2D eigenvalue weighted by molar-refractivity contribution is 5.85. The van der Waals surface area contributed by atoms with E-state index in [0.29, 0.717) is 19.0 Å². The molecule has 2 aliphatic heterocycles. The van der Waals surface area contributed by atoms with Crippen LogP contribution in [0.4, 0.5) is 4.79 Å². The van der Waals surface area contributed by atoms with Gasteiger partial charge < -0.3 is 15.1 Å². The Kier molecular flexibility index (Phi) is 5.71. The number of rotatable bonds is 3. The van der Waals surface area contributed by atoms with Crippen molar-refractivity contribution in [1.29, 1.82) is 0 Å². The number of carbonyl (C=O) groups is 2. The Morgan fingerprint density at radius 3 is 2.24 bits per heavy atom. The van der Waals surface area contributed by atoms with Crippen LogP contribution in [0.25, 0.3) is 0 Å². The van der Waals surface area contributed by atoms with E-state index in [9.17, 15) is 9.59 Å². The number of hydrogen-bond donors (Lipinski definition) is 2. The molecule has 6 heteroatoms. The number of nitrogens with zero attached hydrogens (tertiary/aromatic N) is 2. The summed E-state index contributed by atoms with van der Waals surface area (Å²) in [5.41, 5.74) is -0.538. The molecule has 144 valence electrons. The van der Waals surface area contributed by atoms with E-state index in [1.165, 1.54) is 0 Å². The molecule has 0 aromatic rings. The van der Waals surface area contributed by atoms with Gasteiger partial charge in [0, 0.05) is 37.5 Å². The van der Waals surface area contributed by atoms with Crippen LogP contribution in [0.15, 0.2) is 0 Å². The van der Waals surface area contributed by atoms with Crippen LogP contribution < -0.4 is 10.6 Å². The third-order valence-corrected chi connectivity index (χ3v) is 5.02. The SMILES string of the molecule is CC(C)C[C@H]1NC2(CCN(C(=O)NC(C)(C)C)CC2)N(C(C)C)C1=O. The van der Waals surface area contributed by atoms with Crippen molar-refractivity contribution in [2.45, 2.75) is 91.0 Å². The summed E-state index contributed by atoms with van der Waals surface area (Å²) in [5.74, 6) is 0.694. The average molecular weight is 353 g/mol. The van der Waals surface area contributed by atoms with Crippen molar-refractivity contribution >= 4 is 11.9 Å². The molecule has 2 heterocycles. The number of nitrogens with one attached hydrogen (secondary N) is 2. The summed E-state index contributed by atoms with van der Waals surface area (Å²) < 4.78 is 0. The van der Waals surface area contributed by atoms with Crippen molar-refractivity contribution in [3.63, 3.8) is 0 Å². The van der Waals surface area contributed by atoms with Gasteiger partial charge in [0.2, 0.25) is 5.91 Å². The van der Waals surface area contributed by atoms with Crippen molar-refractivity contribution < 1.29 is 9.59 Å². The monoisotopic (exact) mass is 352 g/mol. The minimum Gasteiger partial charge on any atom is -0.333 e. The molecule has 0 aromatic heterocycles. The number of urea groups is 1. The lowest BCUT2D eigenvalue weighted by Gasteiger charge is -2.46. The van der Waals surface area contributed by atoms with Crippen LogP contribution in [-0.2, 0) is 4.79 Å². The lowest BCUT2D eigenvalue weighted by Crippen LogP contribution is -2.62. The van der Waals surface area contributed by atoms with Gasteiger partial charge in [0.15, 0.2) is 0 Å². The Bertz CT molecular complexity index is 502. The number of carbonyl (C=O) groups excluding carboxylic acids is 2. The normalized spacial score (nSPS) is 23.9. The van der Waals surface area contributed by atoms with Gasteiger partial charge in [-0.1, -0.05) is 13.8 Å². The lowest BCUT2D eigenvalue weighted by atomic mass is 9.94. The quantitative estimate of drug-likeness (QED) is 0.820. The summed E-state index contributed by atoms with van der Waals surface area (Å²) in [5, 5.41) is 6.68. The van der Waals surface area contributed by atoms with Crippen LogP contribution >= 0.6 is 0 Å². The van der Waals surface area contributed by atoms with E-state index in [2.05, 4.69) is 38.3 Å². The molecule has 2 rings (SSSR count). The highest BCUT2D eigenvalue weighted by atomic mass is 16.2. The van der Waals surface area contributed by atoms with Crippen molar-refractivity contribution in [3.8, 4) is 0 Å². The van der Waals surface area contributed by atoms with E-state index in [4.69, 9.17) is 0 Å². The Morgan fingerprint density at radius 1 is 1.24 bits per heavy atom. The molecule has 0 bridgehead atoms. The Morgan fingerprint density at radius 2 is 1.80 bits per heavy atom. The van der Waals surface area contributed by atoms with Gasteiger partial charge in [0.05, 0.1) is 11.7 Å². The third kappa shape index (κ3) is 4.46. The van der Waals surface area contributed by atoms with Gasteiger partial charge in [0.1, 0.15) is 0 Å². The zero-order valence-corrected chi connectivity index (χ0v) is 17.0. The lowest BCUT2D eigenvalue weighted by molar-refractivity contribution is -0.135. The molecule has 0 unspecified atom stereocenters. The second-order valence-electron chi connectivity index (χ2n) is 9.33. The van der Waals surface area contributed by atoms with Crippen molar-refractivity contribution in [1.82, 2.24) is 20.4 Å². The Hall–Kier alpha value is -1.30. The standard InChI is InChI=1S/C19H36N4O2/c1-13(2)12-15-16(24)23(14(3)4)19(20-15)8-10-22(11-9-19)17(25)21-18(5,6)7/h13-15,20H,8-12H2,1-7H3,(H,21,25)/t15-/m1/s1. The molecule has 0 aliphatic carbocycles. The first kappa shape index (κ1) is 20.0. The molecule has 25 heavy (non-hydrogen) atoms. The number of hydrogen-bond acceptors (Lipinski definition) is 3. The van der Waals surface area contributed by atoms with Gasteiger partial charge in [-0.15, -0.1) is 0 Å². The fourth-order valence-electron chi connectivity index (χ4n) is 4.08. The van der Waals surface area contributed by atoms with E-state index in [-0.39, 0.29) is 35.2 Å². The molecule has 2 N–H and O–H groups in total. The predicted molar refractivity (Wildman–Crippen MR) is 100 cm³/mol.